The molecule has 0 radical (unpaired) electrons. The van der Waals surface area contributed by atoms with Gasteiger partial charge in [0.2, 0.25) is 0 Å². The highest BCUT2D eigenvalue weighted by Gasteiger charge is 2.13. The number of H-pyrrole nitrogens is 1. The Bertz CT molecular complexity index is 909. The van der Waals surface area contributed by atoms with Gasteiger partial charge in [-0.05, 0) is 48.6 Å². The molecule has 1 aromatic heterocycles. The molecule has 3 aromatic rings. The second-order valence-corrected chi connectivity index (χ2v) is 7.15. The Morgan fingerprint density at radius 2 is 1.85 bits per heavy atom. The second kappa shape index (κ2) is 7.20. The Morgan fingerprint density at radius 3 is 2.58 bits per heavy atom. The third-order valence-corrected chi connectivity index (χ3v) is 5.29. The van der Waals surface area contributed by atoms with Crippen LogP contribution < -0.4 is 5.32 Å². The normalized spacial score (nSPS) is 15.2. The molecule has 0 atom stereocenters. The molecule has 2 N–H and O–H groups in total. The van der Waals surface area contributed by atoms with E-state index in [1.807, 2.05) is 12.3 Å². The first-order chi connectivity index (χ1) is 12.7. The average Bonchev–Trinajstić information content (AvgIpc) is 3.06. The summed E-state index contributed by atoms with van der Waals surface area (Å²) in [5.74, 6) is 0. The Labute approximate surface area is 152 Å². The van der Waals surface area contributed by atoms with Gasteiger partial charge in [-0.3, -0.25) is 10.1 Å². The van der Waals surface area contributed by atoms with E-state index < -0.39 is 0 Å². The first-order valence-electron chi connectivity index (χ1n) is 9.29. The molecule has 0 amide bonds. The number of hydrogen-bond acceptors (Lipinski definition) is 3. The number of nitrogens with one attached hydrogen (secondary N) is 2. The summed E-state index contributed by atoms with van der Waals surface area (Å²) < 4.78 is 0. The van der Waals surface area contributed by atoms with E-state index >= 15 is 0 Å². The molecule has 0 spiro atoms. The van der Waals surface area contributed by atoms with E-state index in [2.05, 4.69) is 34.6 Å². The van der Waals surface area contributed by atoms with Crippen LogP contribution in [-0.2, 0) is 6.42 Å². The minimum atomic E-state index is -0.363. The summed E-state index contributed by atoms with van der Waals surface area (Å²) in [6.45, 7) is 0. The molecule has 1 heterocycles. The third-order valence-electron chi connectivity index (χ3n) is 5.29. The maximum atomic E-state index is 10.9. The van der Waals surface area contributed by atoms with E-state index in [1.54, 1.807) is 12.1 Å². The lowest BCUT2D eigenvalue weighted by molar-refractivity contribution is -0.384. The van der Waals surface area contributed by atoms with Crippen LogP contribution in [0.2, 0.25) is 0 Å². The SMILES string of the molecule is O=[N+]([O-])c1ccc2c(Cc3ccc(NC4CCCCC4)cc3)c[nH]c2c1. The minimum absolute atomic E-state index is 0.115. The molecule has 0 unspecified atom stereocenters. The van der Waals surface area contributed by atoms with E-state index in [0.717, 1.165) is 22.9 Å². The zero-order valence-corrected chi connectivity index (χ0v) is 14.7. The molecule has 5 heteroatoms. The predicted octanol–water partition coefficient (Wildman–Crippen LogP) is 5.41. The lowest BCUT2D eigenvalue weighted by atomic mass is 9.95. The van der Waals surface area contributed by atoms with Crippen LogP contribution in [0.1, 0.15) is 43.2 Å². The molecule has 5 nitrogen and oxygen atoms in total. The summed E-state index contributed by atoms with van der Waals surface area (Å²) in [5.41, 5.74) is 4.50. The smallest absolute Gasteiger partial charge is 0.271 e. The van der Waals surface area contributed by atoms with Crippen LogP contribution in [-0.4, -0.2) is 15.9 Å². The van der Waals surface area contributed by atoms with E-state index in [0.29, 0.717) is 6.04 Å². The van der Waals surface area contributed by atoms with Crippen molar-refractivity contribution in [2.45, 2.75) is 44.6 Å². The largest absolute Gasteiger partial charge is 0.382 e. The molecule has 0 saturated heterocycles. The highest BCUT2D eigenvalue weighted by molar-refractivity contribution is 5.85. The Morgan fingerprint density at radius 1 is 1.08 bits per heavy atom. The number of aromatic amines is 1. The van der Waals surface area contributed by atoms with Crippen molar-refractivity contribution in [3.05, 3.63) is 69.9 Å². The van der Waals surface area contributed by atoms with Crippen molar-refractivity contribution in [2.75, 3.05) is 5.32 Å². The number of rotatable bonds is 5. The predicted molar refractivity (Wildman–Crippen MR) is 105 cm³/mol. The Balaban J connectivity index is 1.47. The summed E-state index contributed by atoms with van der Waals surface area (Å²) in [4.78, 5) is 13.7. The quantitative estimate of drug-likeness (QED) is 0.478. The van der Waals surface area contributed by atoms with Gasteiger partial charge in [0.05, 0.1) is 10.4 Å². The zero-order valence-electron chi connectivity index (χ0n) is 14.7. The van der Waals surface area contributed by atoms with Crippen molar-refractivity contribution in [2.24, 2.45) is 0 Å². The van der Waals surface area contributed by atoms with Gasteiger partial charge in [-0.25, -0.2) is 0 Å². The monoisotopic (exact) mass is 349 g/mol. The number of benzene rings is 2. The van der Waals surface area contributed by atoms with Gasteiger partial charge in [0, 0.05) is 35.4 Å². The van der Waals surface area contributed by atoms with Crippen LogP contribution in [0.5, 0.6) is 0 Å². The minimum Gasteiger partial charge on any atom is -0.382 e. The van der Waals surface area contributed by atoms with Crippen LogP contribution in [0.25, 0.3) is 10.9 Å². The van der Waals surface area contributed by atoms with Crippen molar-refractivity contribution in [3.63, 3.8) is 0 Å². The number of nitro groups is 1. The number of fused-ring (bicyclic) bond motifs is 1. The molecule has 0 bridgehead atoms. The fraction of sp³-hybridized carbons (Fsp3) is 0.333. The molecule has 2 aromatic carbocycles. The summed E-state index contributed by atoms with van der Waals surface area (Å²) in [5, 5.41) is 15.6. The molecule has 4 rings (SSSR count). The molecule has 26 heavy (non-hydrogen) atoms. The highest BCUT2D eigenvalue weighted by atomic mass is 16.6. The number of hydrogen-bond donors (Lipinski definition) is 2. The van der Waals surface area contributed by atoms with Crippen molar-refractivity contribution in [1.82, 2.24) is 4.98 Å². The Kier molecular flexibility index (Phi) is 4.61. The number of nitrogens with zero attached hydrogens (tertiary/aromatic N) is 1. The molecule has 1 aliphatic rings. The van der Waals surface area contributed by atoms with Gasteiger partial charge in [-0.2, -0.15) is 0 Å². The second-order valence-electron chi connectivity index (χ2n) is 7.15. The van der Waals surface area contributed by atoms with Crippen LogP contribution >= 0.6 is 0 Å². The number of nitro benzene ring substituents is 1. The summed E-state index contributed by atoms with van der Waals surface area (Å²) in [6, 6.07) is 14.2. The van der Waals surface area contributed by atoms with Gasteiger partial charge in [0.1, 0.15) is 0 Å². The first-order valence-corrected chi connectivity index (χ1v) is 9.29. The van der Waals surface area contributed by atoms with Gasteiger partial charge in [0.15, 0.2) is 0 Å². The summed E-state index contributed by atoms with van der Waals surface area (Å²) in [6.07, 6.45) is 9.31. The maximum absolute atomic E-state index is 10.9. The van der Waals surface area contributed by atoms with E-state index in [1.165, 1.54) is 43.4 Å². The number of anilines is 1. The van der Waals surface area contributed by atoms with Crippen molar-refractivity contribution >= 4 is 22.3 Å². The molecule has 1 saturated carbocycles. The molecular formula is C21H23N3O2. The van der Waals surface area contributed by atoms with E-state index in [9.17, 15) is 10.1 Å². The lowest BCUT2D eigenvalue weighted by Crippen LogP contribution is -2.22. The standard InChI is InChI=1S/C21H23N3O2/c25-24(26)19-10-11-20-16(14-22-21(20)13-19)12-15-6-8-18(9-7-15)23-17-4-2-1-3-5-17/h6-11,13-14,17,22-23H,1-5,12H2. The maximum Gasteiger partial charge on any atom is 0.271 e. The van der Waals surface area contributed by atoms with Gasteiger partial charge in [-0.1, -0.05) is 31.4 Å². The summed E-state index contributed by atoms with van der Waals surface area (Å²) in [7, 11) is 0. The van der Waals surface area contributed by atoms with E-state index in [4.69, 9.17) is 0 Å². The van der Waals surface area contributed by atoms with Gasteiger partial charge in [-0.15, -0.1) is 0 Å². The van der Waals surface area contributed by atoms with Crippen LogP contribution in [0.3, 0.4) is 0 Å². The lowest BCUT2D eigenvalue weighted by Gasteiger charge is -2.23. The van der Waals surface area contributed by atoms with Crippen LogP contribution in [0, 0.1) is 10.1 Å². The molecule has 0 aliphatic heterocycles. The number of aromatic nitrogens is 1. The van der Waals surface area contributed by atoms with Crippen molar-refractivity contribution < 1.29 is 4.92 Å². The number of non-ortho nitro benzene ring substituents is 1. The third kappa shape index (κ3) is 3.57. The van der Waals surface area contributed by atoms with Gasteiger partial charge >= 0.3 is 0 Å². The topological polar surface area (TPSA) is 71.0 Å². The first kappa shape index (κ1) is 16.6. The molecule has 1 fully saturated rings. The Hall–Kier alpha value is -2.82. The van der Waals surface area contributed by atoms with Crippen molar-refractivity contribution in [3.8, 4) is 0 Å². The molecular weight excluding hydrogens is 326 g/mol. The van der Waals surface area contributed by atoms with Gasteiger partial charge < -0.3 is 10.3 Å². The molecule has 134 valence electrons. The average molecular weight is 349 g/mol. The molecule has 1 aliphatic carbocycles. The van der Waals surface area contributed by atoms with Gasteiger partial charge in [0.25, 0.3) is 5.69 Å². The fourth-order valence-corrected chi connectivity index (χ4v) is 3.86. The highest BCUT2D eigenvalue weighted by Crippen LogP contribution is 2.26. The fourth-order valence-electron chi connectivity index (χ4n) is 3.86. The van der Waals surface area contributed by atoms with Crippen molar-refractivity contribution in [1.29, 1.82) is 0 Å². The van der Waals surface area contributed by atoms with Crippen LogP contribution in [0.4, 0.5) is 11.4 Å². The summed E-state index contributed by atoms with van der Waals surface area (Å²) >= 11 is 0. The zero-order chi connectivity index (χ0) is 17.9. The van der Waals surface area contributed by atoms with Crippen LogP contribution in [0.15, 0.2) is 48.7 Å². The van der Waals surface area contributed by atoms with E-state index in [-0.39, 0.29) is 10.6 Å².